The van der Waals surface area contributed by atoms with Crippen LogP contribution in [0.25, 0.3) is 11.3 Å². The quantitative estimate of drug-likeness (QED) is 0.391. The molecule has 1 amide bonds. The Morgan fingerprint density at radius 2 is 2.14 bits per heavy atom. The van der Waals surface area contributed by atoms with Gasteiger partial charge in [0, 0.05) is 10.6 Å². The summed E-state index contributed by atoms with van der Waals surface area (Å²) in [5.74, 6) is -0.721. The van der Waals surface area contributed by atoms with Crippen molar-refractivity contribution in [3.8, 4) is 11.3 Å². The van der Waals surface area contributed by atoms with Crippen molar-refractivity contribution in [3.05, 3.63) is 59.7 Å². The zero-order valence-electron chi connectivity index (χ0n) is 10.8. The lowest BCUT2D eigenvalue weighted by atomic mass is 10.1. The maximum Gasteiger partial charge on any atom is 0.275 e. The summed E-state index contributed by atoms with van der Waals surface area (Å²) in [6.07, 6.45) is 3.34. The summed E-state index contributed by atoms with van der Waals surface area (Å²) in [6.45, 7) is 0. The Morgan fingerprint density at radius 3 is 2.86 bits per heavy atom. The van der Waals surface area contributed by atoms with Gasteiger partial charge in [0.05, 0.1) is 11.8 Å². The number of rotatable bonds is 3. The first-order valence-electron chi connectivity index (χ1n) is 5.92. The third kappa shape index (κ3) is 3.87. The lowest BCUT2D eigenvalue weighted by molar-refractivity contribution is 0.0972. The molecule has 0 aliphatic carbocycles. The minimum absolute atomic E-state index is 0.128. The SMILES string of the molecule is N=C(/C=C\[OH2+])NC(=O)c1cc(-c2cccc(Cl)c2)ncn1. The number of amides is 1. The average molecular weight is 304 g/mol. The number of hydrogen-bond acceptors (Lipinski definition) is 4. The predicted molar refractivity (Wildman–Crippen MR) is 80.4 cm³/mol. The van der Waals surface area contributed by atoms with E-state index < -0.39 is 5.91 Å². The Balaban J connectivity index is 2.25. The number of halogens is 1. The number of benzene rings is 1. The number of aromatic nitrogens is 2. The molecule has 0 unspecified atom stereocenters. The Kier molecular flexibility index (Phi) is 4.63. The molecule has 0 spiro atoms. The van der Waals surface area contributed by atoms with Crippen LogP contribution in [-0.2, 0) is 0 Å². The van der Waals surface area contributed by atoms with Gasteiger partial charge in [-0.15, -0.1) is 0 Å². The molecular formula is C14H12ClN4O2+. The van der Waals surface area contributed by atoms with Crippen molar-refractivity contribution in [1.82, 2.24) is 15.3 Å². The smallest absolute Gasteiger partial charge is 0.275 e. The molecule has 0 radical (unpaired) electrons. The summed E-state index contributed by atoms with van der Waals surface area (Å²) in [6, 6.07) is 8.60. The molecule has 0 bridgehead atoms. The van der Waals surface area contributed by atoms with Gasteiger partial charge in [0.25, 0.3) is 5.91 Å². The summed E-state index contributed by atoms with van der Waals surface area (Å²) in [5, 5.41) is 17.1. The first kappa shape index (κ1) is 14.7. The van der Waals surface area contributed by atoms with Gasteiger partial charge in [0.1, 0.15) is 17.9 Å². The summed E-state index contributed by atoms with van der Waals surface area (Å²) in [5.41, 5.74) is 1.45. The molecule has 0 aliphatic rings. The molecule has 1 aromatic heterocycles. The van der Waals surface area contributed by atoms with Crippen LogP contribution in [-0.4, -0.2) is 26.8 Å². The van der Waals surface area contributed by atoms with Crippen LogP contribution in [0.5, 0.6) is 0 Å². The fourth-order valence-corrected chi connectivity index (χ4v) is 1.79. The molecule has 1 aromatic carbocycles. The zero-order chi connectivity index (χ0) is 15.2. The highest BCUT2D eigenvalue weighted by Crippen LogP contribution is 2.20. The first-order chi connectivity index (χ1) is 10.1. The highest BCUT2D eigenvalue weighted by atomic mass is 35.5. The van der Waals surface area contributed by atoms with Crippen LogP contribution in [0.2, 0.25) is 5.02 Å². The van der Waals surface area contributed by atoms with E-state index in [-0.39, 0.29) is 11.5 Å². The number of carbonyl (C=O) groups is 1. The molecule has 2 aromatic rings. The van der Waals surface area contributed by atoms with Crippen LogP contribution in [0, 0.1) is 5.41 Å². The number of nitrogens with one attached hydrogen (secondary N) is 2. The number of hydrogen-bond donors (Lipinski definition) is 2. The van der Waals surface area contributed by atoms with Crippen LogP contribution in [0.4, 0.5) is 0 Å². The molecule has 6 nitrogen and oxygen atoms in total. The van der Waals surface area contributed by atoms with Gasteiger partial charge < -0.3 is 10.4 Å². The van der Waals surface area contributed by atoms with Crippen LogP contribution in [0.3, 0.4) is 0 Å². The molecule has 0 atom stereocenters. The number of amidine groups is 1. The molecule has 1 heterocycles. The van der Waals surface area contributed by atoms with E-state index in [1.807, 2.05) is 6.07 Å². The lowest BCUT2D eigenvalue weighted by Crippen LogP contribution is -2.29. The van der Waals surface area contributed by atoms with Gasteiger partial charge in [-0.3, -0.25) is 10.2 Å². The van der Waals surface area contributed by atoms with Crippen molar-refractivity contribution in [3.63, 3.8) is 0 Å². The van der Waals surface area contributed by atoms with Crippen molar-refractivity contribution < 1.29 is 9.90 Å². The lowest BCUT2D eigenvalue weighted by Gasteiger charge is -2.05. The summed E-state index contributed by atoms with van der Waals surface area (Å²) < 4.78 is 0. The molecule has 21 heavy (non-hydrogen) atoms. The largest absolute Gasteiger partial charge is 0.598 e. The molecule has 106 valence electrons. The van der Waals surface area contributed by atoms with E-state index >= 15 is 0 Å². The third-order valence-corrected chi connectivity index (χ3v) is 2.75. The summed E-state index contributed by atoms with van der Waals surface area (Å²) in [4.78, 5) is 19.9. The second kappa shape index (κ2) is 6.62. The van der Waals surface area contributed by atoms with Crippen LogP contribution in [0.15, 0.2) is 49.0 Å². The molecular weight excluding hydrogens is 292 g/mol. The average Bonchev–Trinajstić information content (AvgIpc) is 2.47. The Bertz CT molecular complexity index is 716. The monoisotopic (exact) mass is 303 g/mol. The Hall–Kier alpha value is -2.73. The van der Waals surface area contributed by atoms with E-state index in [9.17, 15) is 4.79 Å². The van der Waals surface area contributed by atoms with Crippen molar-refractivity contribution in [1.29, 1.82) is 5.41 Å². The minimum Gasteiger partial charge on any atom is -0.598 e. The van der Waals surface area contributed by atoms with Crippen LogP contribution in [0.1, 0.15) is 10.5 Å². The zero-order valence-corrected chi connectivity index (χ0v) is 11.6. The van der Waals surface area contributed by atoms with Crippen LogP contribution < -0.4 is 5.32 Å². The molecule has 0 saturated carbocycles. The van der Waals surface area contributed by atoms with Crippen molar-refractivity contribution in [2.45, 2.75) is 0 Å². The second-order valence-corrected chi connectivity index (χ2v) is 4.44. The standard InChI is InChI=1S/C14H11ClN4O2/c15-10-3-1-2-9(6-10)11-7-12(18-8-17-11)14(21)19-13(16)4-5-20/h1-8,20H,(H2,16,19,21)/p+1/b5-4-. The van der Waals surface area contributed by atoms with E-state index in [0.29, 0.717) is 10.7 Å². The normalized spacial score (nSPS) is 10.5. The highest BCUT2D eigenvalue weighted by molar-refractivity contribution is 6.30. The Labute approximate surface area is 125 Å². The van der Waals surface area contributed by atoms with E-state index in [0.717, 1.165) is 17.9 Å². The topological polar surface area (TPSA) is 102 Å². The summed E-state index contributed by atoms with van der Waals surface area (Å²) in [7, 11) is 0. The van der Waals surface area contributed by atoms with Gasteiger partial charge >= 0.3 is 0 Å². The van der Waals surface area contributed by atoms with Crippen LogP contribution >= 0.6 is 11.6 Å². The van der Waals surface area contributed by atoms with Gasteiger partial charge in [-0.1, -0.05) is 23.7 Å². The second-order valence-electron chi connectivity index (χ2n) is 4.00. The molecule has 0 aliphatic heterocycles. The maximum atomic E-state index is 11.9. The number of carbonyl (C=O) groups excluding carboxylic acids is 1. The van der Waals surface area contributed by atoms with Gasteiger partial charge in [-0.2, -0.15) is 0 Å². The van der Waals surface area contributed by atoms with Gasteiger partial charge in [-0.25, -0.2) is 9.97 Å². The van der Waals surface area contributed by atoms with Crippen molar-refractivity contribution in [2.24, 2.45) is 0 Å². The molecule has 0 saturated heterocycles. The van der Waals surface area contributed by atoms with Gasteiger partial charge in [0.2, 0.25) is 6.26 Å². The number of nitrogens with zero attached hydrogens (tertiary/aromatic N) is 2. The van der Waals surface area contributed by atoms with Gasteiger partial charge in [-0.05, 0) is 18.2 Å². The van der Waals surface area contributed by atoms with E-state index in [4.69, 9.17) is 22.1 Å². The third-order valence-electron chi connectivity index (χ3n) is 2.52. The fourth-order valence-electron chi connectivity index (χ4n) is 1.60. The first-order valence-corrected chi connectivity index (χ1v) is 6.29. The molecule has 4 N–H and O–H groups in total. The van der Waals surface area contributed by atoms with E-state index in [2.05, 4.69) is 15.3 Å². The van der Waals surface area contributed by atoms with E-state index in [1.165, 1.54) is 12.4 Å². The Morgan fingerprint density at radius 1 is 1.33 bits per heavy atom. The summed E-state index contributed by atoms with van der Waals surface area (Å²) >= 11 is 5.92. The van der Waals surface area contributed by atoms with Crippen molar-refractivity contribution in [2.75, 3.05) is 0 Å². The fraction of sp³-hybridized carbons (Fsp3) is 0. The molecule has 2 rings (SSSR count). The van der Waals surface area contributed by atoms with Gasteiger partial charge in [0.15, 0.2) is 0 Å². The molecule has 7 heteroatoms. The van der Waals surface area contributed by atoms with E-state index in [1.54, 1.807) is 18.2 Å². The minimum atomic E-state index is -0.538. The maximum absolute atomic E-state index is 11.9. The highest BCUT2D eigenvalue weighted by Gasteiger charge is 2.11. The predicted octanol–water partition coefficient (Wildman–Crippen LogP) is 1.74. The molecule has 0 fully saturated rings. The van der Waals surface area contributed by atoms with Crippen molar-refractivity contribution >= 4 is 23.3 Å².